The van der Waals surface area contributed by atoms with Crippen LogP contribution in [0.1, 0.15) is 63.5 Å². The third kappa shape index (κ3) is 6.39. The summed E-state index contributed by atoms with van der Waals surface area (Å²) >= 11 is 1.71. The van der Waals surface area contributed by atoms with Gasteiger partial charge >= 0.3 is 0 Å². The number of pyridine rings is 1. The molecule has 0 saturated carbocycles. The van der Waals surface area contributed by atoms with Crippen molar-refractivity contribution in [3.05, 3.63) is 17.3 Å². The molecule has 0 aliphatic carbocycles. The van der Waals surface area contributed by atoms with E-state index in [1.54, 1.807) is 11.8 Å². The van der Waals surface area contributed by atoms with Gasteiger partial charge in [0, 0.05) is 18.0 Å². The lowest BCUT2D eigenvalue weighted by atomic mass is 9.91. The first-order valence-electron chi connectivity index (χ1n) is 10.00. The first-order valence-corrected chi connectivity index (χ1v) is 11.0. The molecule has 152 valence electrons. The molecule has 1 aromatic heterocycles. The van der Waals surface area contributed by atoms with Gasteiger partial charge in [-0.2, -0.15) is 0 Å². The van der Waals surface area contributed by atoms with Crippen molar-refractivity contribution in [1.82, 2.24) is 10.3 Å². The molecule has 2 rings (SSSR count). The quantitative estimate of drug-likeness (QED) is 0.553. The molecule has 1 aromatic rings. The predicted octanol–water partition coefficient (Wildman–Crippen LogP) is 4.28. The predicted molar refractivity (Wildman–Crippen MR) is 114 cm³/mol. The van der Waals surface area contributed by atoms with Crippen LogP contribution in [0.3, 0.4) is 0 Å². The minimum Gasteiger partial charge on any atom is -0.377 e. The van der Waals surface area contributed by atoms with Crippen LogP contribution in [-0.2, 0) is 4.74 Å². The highest BCUT2D eigenvalue weighted by Gasteiger charge is 2.24. The van der Waals surface area contributed by atoms with Gasteiger partial charge in [-0.15, -0.1) is 11.8 Å². The van der Waals surface area contributed by atoms with Crippen LogP contribution in [0.15, 0.2) is 11.0 Å². The van der Waals surface area contributed by atoms with Crippen molar-refractivity contribution in [3.63, 3.8) is 0 Å². The van der Waals surface area contributed by atoms with E-state index in [0.29, 0.717) is 24.6 Å². The topological polar surface area (TPSA) is 54.5 Å². The number of hydrogen-bond acceptors (Lipinski definition) is 5. The number of anilines is 1. The Labute approximate surface area is 168 Å². The third-order valence-corrected chi connectivity index (χ3v) is 5.65. The van der Waals surface area contributed by atoms with Crippen LogP contribution in [0.2, 0.25) is 0 Å². The highest BCUT2D eigenvalue weighted by molar-refractivity contribution is 7.99. The van der Waals surface area contributed by atoms with Crippen molar-refractivity contribution < 1.29 is 9.53 Å². The van der Waals surface area contributed by atoms with Crippen LogP contribution >= 0.6 is 11.8 Å². The largest absolute Gasteiger partial charge is 0.377 e. The van der Waals surface area contributed by atoms with Gasteiger partial charge in [-0.3, -0.25) is 4.79 Å². The lowest BCUT2D eigenvalue weighted by molar-refractivity contribution is 0.0946. The van der Waals surface area contributed by atoms with E-state index >= 15 is 0 Å². The summed E-state index contributed by atoms with van der Waals surface area (Å²) in [6.45, 7) is 15.9. The molecule has 0 bridgehead atoms. The van der Waals surface area contributed by atoms with E-state index in [0.717, 1.165) is 53.7 Å². The van der Waals surface area contributed by atoms with Gasteiger partial charge in [-0.05, 0) is 43.9 Å². The molecule has 0 spiro atoms. The molecule has 2 heterocycles. The number of thioether (sulfide) groups is 1. The third-order valence-electron chi connectivity index (χ3n) is 4.73. The monoisotopic (exact) mass is 393 g/mol. The van der Waals surface area contributed by atoms with E-state index in [9.17, 15) is 4.79 Å². The summed E-state index contributed by atoms with van der Waals surface area (Å²) < 4.78 is 5.54. The Balaban J connectivity index is 2.16. The SMILES string of the molecule is CCSc1cc(N2CCOC[C@H]2C)nc(C)c1C(=O)NCCCC(C)(C)C. The second-order valence-corrected chi connectivity index (χ2v) is 9.72. The molecule has 1 aliphatic rings. The van der Waals surface area contributed by atoms with E-state index in [1.165, 1.54) is 0 Å². The standard InChI is InChI=1S/C21H35N3O2S/c1-7-27-17-13-18(24-11-12-26-14-15(24)2)23-16(3)19(17)20(25)22-10-8-9-21(4,5)6/h13,15H,7-12,14H2,1-6H3,(H,22,25)/t15-/m1/s1. The number of ether oxygens (including phenoxy) is 1. The van der Waals surface area contributed by atoms with Crippen LogP contribution in [-0.4, -0.2) is 49.0 Å². The van der Waals surface area contributed by atoms with Crippen molar-refractivity contribution in [2.24, 2.45) is 5.41 Å². The Morgan fingerprint density at radius 2 is 2.19 bits per heavy atom. The maximum atomic E-state index is 12.8. The molecule has 1 aliphatic heterocycles. The summed E-state index contributed by atoms with van der Waals surface area (Å²) in [5.74, 6) is 1.86. The lowest BCUT2D eigenvalue weighted by Gasteiger charge is -2.34. The molecular weight excluding hydrogens is 358 g/mol. The molecule has 27 heavy (non-hydrogen) atoms. The van der Waals surface area contributed by atoms with Gasteiger partial charge in [0.15, 0.2) is 0 Å². The molecule has 1 N–H and O–H groups in total. The summed E-state index contributed by atoms with van der Waals surface area (Å²) in [4.78, 5) is 20.9. The van der Waals surface area contributed by atoms with Gasteiger partial charge in [-0.25, -0.2) is 4.98 Å². The smallest absolute Gasteiger partial charge is 0.254 e. The fourth-order valence-electron chi connectivity index (χ4n) is 3.30. The van der Waals surface area contributed by atoms with Crippen LogP contribution in [0.5, 0.6) is 0 Å². The highest BCUT2D eigenvalue weighted by atomic mass is 32.2. The Morgan fingerprint density at radius 1 is 1.44 bits per heavy atom. The number of carbonyl (C=O) groups excluding carboxylic acids is 1. The lowest BCUT2D eigenvalue weighted by Crippen LogP contribution is -2.44. The second-order valence-electron chi connectivity index (χ2n) is 8.41. The Bertz CT molecular complexity index is 643. The molecule has 0 radical (unpaired) electrons. The zero-order chi connectivity index (χ0) is 20.0. The summed E-state index contributed by atoms with van der Waals surface area (Å²) in [5, 5.41) is 3.09. The normalized spacial score (nSPS) is 17.9. The van der Waals surface area contributed by atoms with Gasteiger partial charge in [0.25, 0.3) is 5.91 Å². The molecule has 6 heteroatoms. The number of nitrogens with one attached hydrogen (secondary N) is 1. The van der Waals surface area contributed by atoms with Crippen LogP contribution in [0, 0.1) is 12.3 Å². The molecule has 0 unspecified atom stereocenters. The number of amides is 1. The van der Waals surface area contributed by atoms with Crippen molar-refractivity contribution in [2.45, 2.75) is 65.3 Å². The molecule has 0 aromatic carbocycles. The molecular formula is C21H35N3O2S. The minimum absolute atomic E-state index is 0.00793. The Morgan fingerprint density at radius 3 is 2.81 bits per heavy atom. The van der Waals surface area contributed by atoms with Crippen LogP contribution < -0.4 is 10.2 Å². The van der Waals surface area contributed by atoms with Crippen molar-refractivity contribution in [2.75, 3.05) is 37.0 Å². The fourth-order valence-corrected chi connectivity index (χ4v) is 4.18. The number of aryl methyl sites for hydroxylation is 1. The van der Waals surface area contributed by atoms with Crippen LogP contribution in [0.4, 0.5) is 5.82 Å². The maximum absolute atomic E-state index is 12.8. The Hall–Kier alpha value is -1.27. The number of nitrogens with zero attached hydrogens (tertiary/aromatic N) is 2. The van der Waals surface area contributed by atoms with E-state index < -0.39 is 0 Å². The van der Waals surface area contributed by atoms with Gasteiger partial charge in [0.2, 0.25) is 0 Å². The first kappa shape index (κ1) is 22.0. The zero-order valence-electron chi connectivity index (χ0n) is 17.7. The number of hydrogen-bond donors (Lipinski definition) is 1. The molecule has 1 atom stereocenters. The van der Waals surface area contributed by atoms with E-state index in [-0.39, 0.29) is 5.91 Å². The Kier molecular flexibility index (Phi) is 7.98. The van der Waals surface area contributed by atoms with E-state index in [4.69, 9.17) is 9.72 Å². The van der Waals surface area contributed by atoms with Gasteiger partial charge < -0.3 is 15.0 Å². The molecule has 1 fully saturated rings. The zero-order valence-corrected chi connectivity index (χ0v) is 18.5. The molecule has 1 saturated heterocycles. The second kappa shape index (κ2) is 9.78. The summed E-state index contributed by atoms with van der Waals surface area (Å²) in [7, 11) is 0. The maximum Gasteiger partial charge on any atom is 0.254 e. The number of carbonyl (C=O) groups is 1. The average molecular weight is 394 g/mol. The van der Waals surface area contributed by atoms with E-state index in [2.05, 4.69) is 50.9 Å². The first-order chi connectivity index (χ1) is 12.7. The van der Waals surface area contributed by atoms with Gasteiger partial charge in [-0.1, -0.05) is 27.7 Å². The highest BCUT2D eigenvalue weighted by Crippen LogP contribution is 2.30. The van der Waals surface area contributed by atoms with Gasteiger partial charge in [0.1, 0.15) is 5.82 Å². The summed E-state index contributed by atoms with van der Waals surface area (Å²) in [5.41, 5.74) is 1.82. The summed E-state index contributed by atoms with van der Waals surface area (Å²) in [6, 6.07) is 2.37. The minimum atomic E-state index is -0.00793. The van der Waals surface area contributed by atoms with Crippen molar-refractivity contribution >= 4 is 23.5 Å². The van der Waals surface area contributed by atoms with Crippen molar-refractivity contribution in [3.8, 4) is 0 Å². The fraction of sp³-hybridized carbons (Fsp3) is 0.714. The van der Waals surface area contributed by atoms with Crippen LogP contribution in [0.25, 0.3) is 0 Å². The molecule has 1 amide bonds. The number of rotatable bonds is 7. The average Bonchev–Trinajstić information content (AvgIpc) is 2.58. The van der Waals surface area contributed by atoms with E-state index in [1.807, 2.05) is 6.92 Å². The van der Waals surface area contributed by atoms with Gasteiger partial charge in [0.05, 0.1) is 30.5 Å². The summed E-state index contributed by atoms with van der Waals surface area (Å²) in [6.07, 6.45) is 2.08. The number of aromatic nitrogens is 1. The number of morpholine rings is 1. The molecule has 5 nitrogen and oxygen atoms in total. The van der Waals surface area contributed by atoms with Crippen molar-refractivity contribution in [1.29, 1.82) is 0 Å².